The number of aliphatic imine (C=N–C) groups is 1. The van der Waals surface area contributed by atoms with E-state index in [1.807, 2.05) is 37.0 Å². The highest BCUT2D eigenvalue weighted by atomic mass is 127. The second-order valence-electron chi connectivity index (χ2n) is 6.82. The van der Waals surface area contributed by atoms with Gasteiger partial charge < -0.3 is 15.5 Å². The van der Waals surface area contributed by atoms with Crippen molar-refractivity contribution in [1.82, 2.24) is 25.0 Å². The number of nitrogens with zero attached hydrogens (tertiary/aromatic N) is 5. The van der Waals surface area contributed by atoms with Gasteiger partial charge in [-0.25, -0.2) is 4.98 Å². The summed E-state index contributed by atoms with van der Waals surface area (Å²) in [6, 6.07) is 5.57. The number of amides is 1. The maximum Gasteiger partial charge on any atom is 0.227 e. The fraction of sp³-hybridized carbons (Fsp3) is 0.474. The Bertz CT molecular complexity index is 820. The molecule has 3 heterocycles. The molecule has 2 aromatic rings. The number of hydrogen-bond acceptors (Lipinski definition) is 4. The SMILES string of the molecule is CN=C(NCCC(=O)Nc1cccc(C)n1)N1CCC(c2cnn(C)c2)C1.I. The molecule has 0 radical (unpaired) electrons. The molecule has 1 aliphatic rings. The van der Waals surface area contributed by atoms with E-state index in [2.05, 4.69) is 36.8 Å². The number of hydrogen-bond donors (Lipinski definition) is 2. The summed E-state index contributed by atoms with van der Waals surface area (Å²) in [6.07, 6.45) is 5.45. The third kappa shape index (κ3) is 5.91. The van der Waals surface area contributed by atoms with Crippen LogP contribution in [0.25, 0.3) is 0 Å². The van der Waals surface area contributed by atoms with E-state index in [9.17, 15) is 4.79 Å². The third-order valence-electron chi connectivity index (χ3n) is 4.69. The highest BCUT2D eigenvalue weighted by Crippen LogP contribution is 2.26. The Balaban J connectivity index is 0.00000280. The summed E-state index contributed by atoms with van der Waals surface area (Å²) < 4.78 is 1.84. The molecule has 28 heavy (non-hydrogen) atoms. The quantitative estimate of drug-likeness (QED) is 0.376. The molecule has 152 valence electrons. The first-order chi connectivity index (χ1) is 13.0. The van der Waals surface area contributed by atoms with Crippen molar-refractivity contribution in [2.24, 2.45) is 12.0 Å². The lowest BCUT2D eigenvalue weighted by Crippen LogP contribution is -2.41. The number of aryl methyl sites for hydroxylation is 2. The van der Waals surface area contributed by atoms with Crippen molar-refractivity contribution in [3.8, 4) is 0 Å². The lowest BCUT2D eigenvalue weighted by Gasteiger charge is -2.21. The summed E-state index contributed by atoms with van der Waals surface area (Å²) >= 11 is 0. The van der Waals surface area contributed by atoms with Crippen molar-refractivity contribution in [2.45, 2.75) is 25.7 Å². The minimum absolute atomic E-state index is 0. The second kappa shape index (κ2) is 10.4. The molecule has 1 fully saturated rings. The number of aromatic nitrogens is 3. The van der Waals surface area contributed by atoms with Crippen molar-refractivity contribution in [1.29, 1.82) is 0 Å². The van der Waals surface area contributed by atoms with Crippen LogP contribution in [0.15, 0.2) is 35.6 Å². The maximum absolute atomic E-state index is 12.1. The van der Waals surface area contributed by atoms with Gasteiger partial charge in [0.2, 0.25) is 5.91 Å². The predicted octanol–water partition coefficient (Wildman–Crippen LogP) is 2.14. The molecule has 3 rings (SSSR count). The first-order valence-electron chi connectivity index (χ1n) is 9.23. The standard InChI is InChI=1S/C19H27N7O.HI/c1-14-5-4-6-17(23-14)24-18(27)7-9-21-19(20-2)26-10-8-15(13-26)16-11-22-25(3)12-16;/h4-6,11-12,15H,7-10,13H2,1-3H3,(H,20,21)(H,23,24,27);1H. The zero-order valence-electron chi connectivity index (χ0n) is 16.6. The summed E-state index contributed by atoms with van der Waals surface area (Å²) in [5.41, 5.74) is 2.14. The molecule has 9 heteroatoms. The zero-order valence-corrected chi connectivity index (χ0v) is 18.9. The van der Waals surface area contributed by atoms with Crippen LogP contribution in [0.1, 0.15) is 30.0 Å². The number of likely N-dealkylation sites (tertiary alicyclic amines) is 1. The van der Waals surface area contributed by atoms with Crippen LogP contribution < -0.4 is 10.6 Å². The topological polar surface area (TPSA) is 87.4 Å². The molecule has 0 saturated carbocycles. The van der Waals surface area contributed by atoms with E-state index in [0.717, 1.165) is 31.2 Å². The van der Waals surface area contributed by atoms with Gasteiger partial charge in [0.15, 0.2) is 5.96 Å². The van der Waals surface area contributed by atoms with Crippen LogP contribution in [-0.2, 0) is 11.8 Å². The lowest BCUT2D eigenvalue weighted by molar-refractivity contribution is -0.116. The van der Waals surface area contributed by atoms with E-state index in [4.69, 9.17) is 0 Å². The summed E-state index contributed by atoms with van der Waals surface area (Å²) in [6.45, 7) is 4.28. The number of carbonyl (C=O) groups is 1. The minimum Gasteiger partial charge on any atom is -0.356 e. The molecule has 1 aliphatic heterocycles. The van der Waals surface area contributed by atoms with E-state index in [0.29, 0.717) is 24.7 Å². The van der Waals surface area contributed by atoms with Crippen LogP contribution in [-0.4, -0.2) is 58.2 Å². The summed E-state index contributed by atoms with van der Waals surface area (Å²) in [5.74, 6) is 1.82. The van der Waals surface area contributed by atoms with Gasteiger partial charge in [0.25, 0.3) is 0 Å². The van der Waals surface area contributed by atoms with Gasteiger partial charge in [0.05, 0.1) is 6.20 Å². The first kappa shape index (κ1) is 22.1. The first-order valence-corrected chi connectivity index (χ1v) is 9.23. The van der Waals surface area contributed by atoms with Gasteiger partial charge in [0.1, 0.15) is 5.82 Å². The second-order valence-corrected chi connectivity index (χ2v) is 6.82. The Morgan fingerprint density at radius 2 is 2.21 bits per heavy atom. The van der Waals surface area contributed by atoms with Gasteiger partial charge in [0, 0.05) is 58.0 Å². The number of carbonyl (C=O) groups excluding carboxylic acids is 1. The molecule has 1 atom stereocenters. The maximum atomic E-state index is 12.1. The van der Waals surface area contributed by atoms with E-state index >= 15 is 0 Å². The van der Waals surface area contributed by atoms with Crippen molar-refractivity contribution in [3.05, 3.63) is 41.9 Å². The summed E-state index contributed by atoms with van der Waals surface area (Å²) in [5, 5.41) is 10.4. The average molecular weight is 497 g/mol. The number of pyridine rings is 1. The lowest BCUT2D eigenvalue weighted by atomic mass is 10.0. The number of rotatable bonds is 5. The van der Waals surface area contributed by atoms with E-state index in [-0.39, 0.29) is 29.9 Å². The van der Waals surface area contributed by atoms with Gasteiger partial charge in [-0.1, -0.05) is 6.07 Å². The fourth-order valence-corrected chi connectivity index (χ4v) is 3.31. The molecule has 0 bridgehead atoms. The van der Waals surface area contributed by atoms with Crippen LogP contribution in [0.2, 0.25) is 0 Å². The molecule has 2 N–H and O–H groups in total. The van der Waals surface area contributed by atoms with Crippen molar-refractivity contribution >= 4 is 41.7 Å². The van der Waals surface area contributed by atoms with Crippen molar-refractivity contribution in [2.75, 3.05) is 32.0 Å². The Morgan fingerprint density at radius 3 is 2.89 bits per heavy atom. The van der Waals surface area contributed by atoms with Gasteiger partial charge in [-0.05, 0) is 31.0 Å². The molecular formula is C19H28IN7O. The molecule has 8 nitrogen and oxygen atoms in total. The predicted molar refractivity (Wildman–Crippen MR) is 121 cm³/mol. The fourth-order valence-electron chi connectivity index (χ4n) is 3.31. The Labute approximate surface area is 182 Å². The number of nitrogens with one attached hydrogen (secondary N) is 2. The van der Waals surface area contributed by atoms with Crippen LogP contribution in [0.5, 0.6) is 0 Å². The van der Waals surface area contributed by atoms with E-state index < -0.39 is 0 Å². The molecule has 0 aliphatic carbocycles. The largest absolute Gasteiger partial charge is 0.356 e. The van der Waals surface area contributed by atoms with Crippen molar-refractivity contribution in [3.63, 3.8) is 0 Å². The third-order valence-corrected chi connectivity index (χ3v) is 4.69. The average Bonchev–Trinajstić information content (AvgIpc) is 3.28. The molecule has 1 unspecified atom stereocenters. The van der Waals surface area contributed by atoms with Gasteiger partial charge >= 0.3 is 0 Å². The molecule has 0 spiro atoms. The normalized spacial score (nSPS) is 16.6. The molecule has 1 amide bonds. The Morgan fingerprint density at radius 1 is 1.39 bits per heavy atom. The summed E-state index contributed by atoms with van der Waals surface area (Å²) in [7, 11) is 3.71. The Hall–Kier alpha value is -2.17. The molecule has 1 saturated heterocycles. The van der Waals surface area contributed by atoms with E-state index in [1.165, 1.54) is 5.56 Å². The van der Waals surface area contributed by atoms with Crippen LogP contribution in [0.4, 0.5) is 5.82 Å². The van der Waals surface area contributed by atoms with E-state index in [1.54, 1.807) is 13.1 Å². The number of guanidine groups is 1. The highest BCUT2D eigenvalue weighted by Gasteiger charge is 2.26. The van der Waals surface area contributed by atoms with Crippen LogP contribution in [0.3, 0.4) is 0 Å². The smallest absolute Gasteiger partial charge is 0.227 e. The highest BCUT2D eigenvalue weighted by molar-refractivity contribution is 14.0. The number of halogens is 1. The monoisotopic (exact) mass is 497 g/mol. The van der Waals surface area contributed by atoms with Gasteiger partial charge in [-0.3, -0.25) is 14.5 Å². The van der Waals surface area contributed by atoms with Crippen LogP contribution >= 0.6 is 24.0 Å². The van der Waals surface area contributed by atoms with Crippen LogP contribution in [0, 0.1) is 6.92 Å². The Kier molecular flexibility index (Phi) is 8.21. The van der Waals surface area contributed by atoms with Gasteiger partial charge in [-0.15, -0.1) is 24.0 Å². The number of anilines is 1. The van der Waals surface area contributed by atoms with Crippen molar-refractivity contribution < 1.29 is 4.79 Å². The molecule has 2 aromatic heterocycles. The summed E-state index contributed by atoms with van der Waals surface area (Å²) in [4.78, 5) is 23.0. The molecule has 0 aromatic carbocycles. The van der Waals surface area contributed by atoms with Gasteiger partial charge in [-0.2, -0.15) is 5.10 Å². The molecular weight excluding hydrogens is 469 g/mol. The minimum atomic E-state index is -0.0642. The zero-order chi connectivity index (χ0) is 19.2.